The van der Waals surface area contributed by atoms with E-state index in [9.17, 15) is 9.59 Å². The molecule has 0 fully saturated rings. The van der Waals surface area contributed by atoms with Crippen LogP contribution in [0.3, 0.4) is 0 Å². The number of aromatic nitrogens is 1. The number of hydrogen-bond donors (Lipinski definition) is 0. The Bertz CT molecular complexity index is 1410. The van der Waals surface area contributed by atoms with Crippen molar-refractivity contribution in [2.75, 3.05) is 20.3 Å². The van der Waals surface area contributed by atoms with Crippen molar-refractivity contribution in [3.8, 4) is 17.2 Å². The maximum Gasteiger partial charge on any atom is 0.200 e. The number of halogens is 1. The molecule has 0 N–H and O–H groups in total. The predicted octanol–water partition coefficient (Wildman–Crippen LogP) is 4.71. The number of carbonyl (C=O) groups excluding carboxylic acids is 1. The SMILES string of the molecule is COc1ccc(C(=O)c2cn(Cc3ccc(Cl)cc3)c3cc4c(cc3c2=O)OCCO4)cc1. The third-order valence-corrected chi connectivity index (χ3v) is 5.86. The number of rotatable bonds is 5. The van der Waals surface area contributed by atoms with E-state index in [4.69, 9.17) is 25.8 Å². The van der Waals surface area contributed by atoms with Gasteiger partial charge in [0.1, 0.15) is 19.0 Å². The molecule has 4 aromatic rings. The van der Waals surface area contributed by atoms with Gasteiger partial charge < -0.3 is 18.8 Å². The topological polar surface area (TPSA) is 66.8 Å². The maximum atomic E-state index is 13.4. The molecular weight excluding hydrogens is 442 g/mol. The van der Waals surface area contributed by atoms with Gasteiger partial charge in [-0.1, -0.05) is 23.7 Å². The average molecular weight is 462 g/mol. The van der Waals surface area contributed by atoms with E-state index < -0.39 is 0 Å². The molecule has 3 aromatic carbocycles. The smallest absolute Gasteiger partial charge is 0.200 e. The van der Waals surface area contributed by atoms with Crippen molar-refractivity contribution in [2.24, 2.45) is 0 Å². The van der Waals surface area contributed by atoms with Crippen molar-refractivity contribution in [3.05, 3.63) is 98.8 Å². The normalized spacial score (nSPS) is 12.5. The van der Waals surface area contributed by atoms with Crippen molar-refractivity contribution in [2.45, 2.75) is 6.54 Å². The number of fused-ring (bicyclic) bond motifs is 2. The van der Waals surface area contributed by atoms with E-state index in [1.54, 1.807) is 49.7 Å². The number of ether oxygens (including phenoxy) is 3. The van der Waals surface area contributed by atoms with Crippen LogP contribution in [0.15, 0.2) is 71.7 Å². The van der Waals surface area contributed by atoms with Gasteiger partial charge in [-0.2, -0.15) is 0 Å². The average Bonchev–Trinajstić information content (AvgIpc) is 2.86. The van der Waals surface area contributed by atoms with Gasteiger partial charge in [0, 0.05) is 29.4 Å². The Kier molecular flexibility index (Phi) is 5.52. The lowest BCUT2D eigenvalue weighted by atomic mass is 10.0. The van der Waals surface area contributed by atoms with Crippen molar-refractivity contribution in [3.63, 3.8) is 0 Å². The summed E-state index contributed by atoms with van der Waals surface area (Å²) in [5.41, 5.74) is 1.77. The molecule has 0 bridgehead atoms. The number of methoxy groups -OCH3 is 1. The van der Waals surface area contributed by atoms with Crippen LogP contribution in [-0.4, -0.2) is 30.7 Å². The van der Waals surface area contributed by atoms with Gasteiger partial charge in [-0.3, -0.25) is 9.59 Å². The zero-order chi connectivity index (χ0) is 22.9. The highest BCUT2D eigenvalue weighted by Gasteiger charge is 2.21. The first-order valence-corrected chi connectivity index (χ1v) is 10.8. The van der Waals surface area contributed by atoms with E-state index in [2.05, 4.69) is 0 Å². The minimum atomic E-state index is -0.357. The number of nitrogens with zero attached hydrogens (tertiary/aromatic N) is 1. The monoisotopic (exact) mass is 461 g/mol. The summed E-state index contributed by atoms with van der Waals surface area (Å²) in [5, 5.41) is 1.03. The summed E-state index contributed by atoms with van der Waals surface area (Å²) in [6, 6.07) is 17.6. The number of ketones is 1. The molecule has 0 saturated heterocycles. The summed E-state index contributed by atoms with van der Waals surface area (Å²) >= 11 is 6.03. The second-order valence-electron chi connectivity index (χ2n) is 7.70. The van der Waals surface area contributed by atoms with Crippen LogP contribution in [0.4, 0.5) is 0 Å². The molecule has 0 unspecified atom stereocenters. The van der Waals surface area contributed by atoms with Gasteiger partial charge in [0.05, 0.1) is 23.6 Å². The molecule has 0 radical (unpaired) electrons. The molecule has 7 heteroatoms. The van der Waals surface area contributed by atoms with Crippen LogP contribution in [0.1, 0.15) is 21.5 Å². The van der Waals surface area contributed by atoms with Crippen LogP contribution in [-0.2, 0) is 6.54 Å². The molecule has 0 amide bonds. The second-order valence-corrected chi connectivity index (χ2v) is 8.13. The molecule has 0 atom stereocenters. The van der Waals surface area contributed by atoms with Crippen molar-refractivity contribution < 1.29 is 19.0 Å². The first kappa shape index (κ1) is 21.1. The highest BCUT2D eigenvalue weighted by Crippen LogP contribution is 2.34. The van der Waals surface area contributed by atoms with Crippen LogP contribution in [0.5, 0.6) is 17.2 Å². The fraction of sp³-hybridized carbons (Fsp3) is 0.154. The van der Waals surface area contributed by atoms with Gasteiger partial charge in [0.2, 0.25) is 5.43 Å². The quantitative estimate of drug-likeness (QED) is 0.402. The molecule has 1 aromatic heterocycles. The van der Waals surface area contributed by atoms with Gasteiger partial charge in [-0.25, -0.2) is 0 Å². The Balaban J connectivity index is 1.68. The van der Waals surface area contributed by atoms with Crippen LogP contribution in [0.25, 0.3) is 10.9 Å². The zero-order valence-corrected chi connectivity index (χ0v) is 18.6. The van der Waals surface area contributed by atoms with Crippen molar-refractivity contribution >= 4 is 28.3 Å². The molecule has 33 heavy (non-hydrogen) atoms. The fourth-order valence-electron chi connectivity index (χ4n) is 3.90. The lowest BCUT2D eigenvalue weighted by Gasteiger charge is -2.21. The van der Waals surface area contributed by atoms with E-state index >= 15 is 0 Å². The molecule has 166 valence electrons. The Hall–Kier alpha value is -3.77. The molecule has 0 saturated carbocycles. The van der Waals surface area contributed by atoms with Crippen LogP contribution in [0, 0.1) is 0 Å². The van der Waals surface area contributed by atoms with Gasteiger partial charge in [-0.05, 0) is 48.0 Å². The van der Waals surface area contributed by atoms with Gasteiger partial charge >= 0.3 is 0 Å². The van der Waals surface area contributed by atoms with E-state index in [0.717, 1.165) is 5.56 Å². The Morgan fingerprint density at radius 3 is 2.33 bits per heavy atom. The lowest BCUT2D eigenvalue weighted by molar-refractivity contribution is 0.103. The molecule has 1 aliphatic heterocycles. The third kappa shape index (κ3) is 4.05. The third-order valence-electron chi connectivity index (χ3n) is 5.61. The first-order valence-electron chi connectivity index (χ1n) is 10.4. The number of carbonyl (C=O) groups is 1. The largest absolute Gasteiger partial charge is 0.497 e. The highest BCUT2D eigenvalue weighted by molar-refractivity contribution is 6.30. The van der Waals surface area contributed by atoms with Crippen molar-refractivity contribution in [1.29, 1.82) is 0 Å². The second kappa shape index (κ2) is 8.64. The number of hydrogen-bond acceptors (Lipinski definition) is 5. The molecule has 1 aliphatic rings. The summed E-state index contributed by atoms with van der Waals surface area (Å²) < 4.78 is 18.5. The lowest BCUT2D eigenvalue weighted by Crippen LogP contribution is -2.21. The summed E-state index contributed by atoms with van der Waals surface area (Å²) in [4.78, 5) is 26.7. The Morgan fingerprint density at radius 2 is 1.67 bits per heavy atom. The fourth-order valence-corrected chi connectivity index (χ4v) is 4.03. The van der Waals surface area contributed by atoms with Gasteiger partial charge in [0.15, 0.2) is 17.3 Å². The van der Waals surface area contributed by atoms with E-state index in [1.165, 1.54) is 0 Å². The summed E-state index contributed by atoms with van der Waals surface area (Å²) in [6.07, 6.45) is 1.61. The molecule has 0 aliphatic carbocycles. The molecular formula is C26H20ClNO5. The summed E-state index contributed by atoms with van der Waals surface area (Å²) in [5.74, 6) is 1.35. The van der Waals surface area contributed by atoms with Crippen LogP contribution < -0.4 is 19.6 Å². The van der Waals surface area contributed by atoms with Crippen molar-refractivity contribution in [1.82, 2.24) is 4.57 Å². The molecule has 5 rings (SSSR count). The Morgan fingerprint density at radius 1 is 1.00 bits per heavy atom. The first-order chi connectivity index (χ1) is 16.0. The minimum absolute atomic E-state index is 0.0818. The maximum absolute atomic E-state index is 13.4. The zero-order valence-electron chi connectivity index (χ0n) is 17.8. The molecule has 0 spiro atoms. The van der Waals surface area contributed by atoms with Gasteiger partial charge in [-0.15, -0.1) is 0 Å². The predicted molar refractivity (Wildman–Crippen MR) is 126 cm³/mol. The summed E-state index contributed by atoms with van der Waals surface area (Å²) in [7, 11) is 1.56. The van der Waals surface area contributed by atoms with E-state index in [0.29, 0.717) is 58.5 Å². The summed E-state index contributed by atoms with van der Waals surface area (Å²) in [6.45, 7) is 1.28. The number of benzene rings is 3. The molecule has 2 heterocycles. The van der Waals surface area contributed by atoms with E-state index in [-0.39, 0.29) is 16.8 Å². The van der Waals surface area contributed by atoms with E-state index in [1.807, 2.05) is 28.8 Å². The van der Waals surface area contributed by atoms with Crippen LogP contribution >= 0.6 is 11.6 Å². The highest BCUT2D eigenvalue weighted by atomic mass is 35.5. The number of pyridine rings is 1. The molecule has 6 nitrogen and oxygen atoms in total. The Labute approximate surface area is 194 Å². The standard InChI is InChI=1S/C26H20ClNO5/c1-31-19-8-4-17(5-9-19)25(29)21-15-28(14-16-2-6-18(27)7-3-16)22-13-24-23(32-10-11-33-24)12-20(22)26(21)30/h2-9,12-13,15H,10-11,14H2,1H3. The van der Waals surface area contributed by atoms with Crippen LogP contribution in [0.2, 0.25) is 5.02 Å². The minimum Gasteiger partial charge on any atom is -0.497 e. The van der Waals surface area contributed by atoms with Gasteiger partial charge in [0.25, 0.3) is 0 Å².